The third kappa shape index (κ3) is 4.23. The Morgan fingerprint density at radius 3 is 2.74 bits per heavy atom. The average Bonchev–Trinajstić information content (AvgIpc) is 2.38. The second-order valence-corrected chi connectivity index (χ2v) is 6.09. The fourth-order valence-electron chi connectivity index (χ4n) is 1.14. The van der Waals surface area contributed by atoms with E-state index in [1.807, 2.05) is 4.72 Å². The number of hydrogen-bond acceptors (Lipinski definition) is 5. The Morgan fingerprint density at radius 2 is 2.21 bits per heavy atom. The highest BCUT2D eigenvalue weighted by atomic mass is 79.9. The summed E-state index contributed by atoms with van der Waals surface area (Å²) in [5.41, 5.74) is 0. The summed E-state index contributed by atoms with van der Waals surface area (Å²) in [6.07, 6.45) is -1.62. The molecule has 1 unspecified atom stereocenters. The number of halogens is 2. The van der Waals surface area contributed by atoms with Crippen LogP contribution in [0.25, 0.3) is 0 Å². The molecule has 6 nitrogen and oxygen atoms in total. The van der Waals surface area contributed by atoms with Crippen molar-refractivity contribution >= 4 is 31.9 Å². The third-order valence-electron chi connectivity index (χ3n) is 2.14. The van der Waals surface area contributed by atoms with Crippen molar-refractivity contribution in [2.24, 2.45) is 0 Å². The second kappa shape index (κ2) is 6.42. The first-order valence-electron chi connectivity index (χ1n) is 4.98. The first-order valence-corrected chi connectivity index (χ1v) is 7.26. The normalized spacial score (nSPS) is 13.1. The van der Waals surface area contributed by atoms with Crippen LogP contribution in [0.4, 0.5) is 4.39 Å². The van der Waals surface area contributed by atoms with E-state index in [9.17, 15) is 22.7 Å². The van der Waals surface area contributed by atoms with Gasteiger partial charge in [-0.25, -0.2) is 22.3 Å². The highest BCUT2D eigenvalue weighted by Gasteiger charge is 2.21. The molecule has 106 valence electrons. The standard InChI is InChI=1S/C10H11BrFNO5S/c1-18-10(15)9(14)5-13-19(16,17)6-2-3-7(11)8(12)4-6/h2-4,9,13-14H,5H2,1H3. The summed E-state index contributed by atoms with van der Waals surface area (Å²) >= 11 is 2.90. The van der Waals surface area contributed by atoms with Crippen LogP contribution in [0.5, 0.6) is 0 Å². The number of hydrogen-bond donors (Lipinski definition) is 2. The van der Waals surface area contributed by atoms with Crippen LogP contribution in [0.3, 0.4) is 0 Å². The summed E-state index contributed by atoms with van der Waals surface area (Å²) in [6, 6.07) is 3.23. The Bertz CT molecular complexity index is 577. The van der Waals surface area contributed by atoms with Crippen molar-refractivity contribution in [1.82, 2.24) is 4.72 Å². The van der Waals surface area contributed by atoms with E-state index in [0.717, 1.165) is 13.2 Å². The summed E-state index contributed by atoms with van der Waals surface area (Å²) in [7, 11) is -2.96. The lowest BCUT2D eigenvalue weighted by molar-refractivity contribution is -0.149. The number of ether oxygens (including phenoxy) is 1. The lowest BCUT2D eigenvalue weighted by atomic mass is 10.3. The SMILES string of the molecule is COC(=O)C(O)CNS(=O)(=O)c1ccc(Br)c(F)c1. The molecule has 9 heteroatoms. The van der Waals surface area contributed by atoms with Gasteiger partial charge in [0.2, 0.25) is 10.0 Å². The molecule has 0 radical (unpaired) electrons. The molecule has 0 aliphatic rings. The van der Waals surface area contributed by atoms with Crippen molar-refractivity contribution in [1.29, 1.82) is 0 Å². The molecule has 0 saturated carbocycles. The van der Waals surface area contributed by atoms with Crippen LogP contribution in [0, 0.1) is 5.82 Å². The van der Waals surface area contributed by atoms with E-state index in [2.05, 4.69) is 20.7 Å². The van der Waals surface area contributed by atoms with Gasteiger partial charge in [-0.05, 0) is 34.1 Å². The Labute approximate surface area is 117 Å². The highest BCUT2D eigenvalue weighted by Crippen LogP contribution is 2.19. The molecule has 1 atom stereocenters. The minimum absolute atomic E-state index is 0.126. The maximum Gasteiger partial charge on any atom is 0.336 e. The monoisotopic (exact) mass is 355 g/mol. The number of carbonyl (C=O) groups is 1. The van der Waals surface area contributed by atoms with Gasteiger partial charge >= 0.3 is 5.97 Å². The van der Waals surface area contributed by atoms with Gasteiger partial charge in [0, 0.05) is 6.54 Å². The number of aliphatic hydroxyl groups is 1. The Kier molecular flexibility index (Phi) is 5.41. The maximum atomic E-state index is 13.2. The quantitative estimate of drug-likeness (QED) is 0.745. The van der Waals surface area contributed by atoms with Crippen molar-refractivity contribution in [2.45, 2.75) is 11.0 Å². The van der Waals surface area contributed by atoms with Gasteiger partial charge in [-0.1, -0.05) is 0 Å². The average molecular weight is 356 g/mol. The molecule has 0 spiro atoms. The number of benzene rings is 1. The molecule has 0 heterocycles. The summed E-state index contributed by atoms with van der Waals surface area (Å²) in [6.45, 7) is -0.563. The number of sulfonamides is 1. The highest BCUT2D eigenvalue weighted by molar-refractivity contribution is 9.10. The maximum absolute atomic E-state index is 13.2. The topological polar surface area (TPSA) is 92.7 Å². The lowest BCUT2D eigenvalue weighted by Gasteiger charge is -2.10. The molecule has 1 aromatic carbocycles. The molecular weight excluding hydrogens is 345 g/mol. The predicted octanol–water partition coefficient (Wildman–Crippen LogP) is 0.400. The molecule has 0 aliphatic carbocycles. The van der Waals surface area contributed by atoms with Gasteiger partial charge in [0.1, 0.15) is 5.82 Å². The molecule has 1 aromatic rings. The molecule has 0 aliphatic heterocycles. The second-order valence-electron chi connectivity index (χ2n) is 3.47. The van der Waals surface area contributed by atoms with Crippen molar-refractivity contribution in [3.05, 3.63) is 28.5 Å². The summed E-state index contributed by atoms with van der Waals surface area (Å²) < 4.78 is 43.1. The fraction of sp³-hybridized carbons (Fsp3) is 0.300. The zero-order chi connectivity index (χ0) is 14.6. The summed E-state index contributed by atoms with van der Waals surface area (Å²) in [5, 5.41) is 9.24. The fourth-order valence-corrected chi connectivity index (χ4v) is 2.43. The van der Waals surface area contributed by atoms with E-state index < -0.39 is 34.5 Å². The molecule has 0 amide bonds. The van der Waals surface area contributed by atoms with Crippen LogP contribution < -0.4 is 4.72 Å². The molecule has 0 aromatic heterocycles. The van der Waals surface area contributed by atoms with E-state index in [-0.39, 0.29) is 9.37 Å². The minimum Gasteiger partial charge on any atom is -0.467 e. The van der Waals surface area contributed by atoms with E-state index in [0.29, 0.717) is 0 Å². The van der Waals surface area contributed by atoms with Crippen molar-refractivity contribution in [3.8, 4) is 0 Å². The van der Waals surface area contributed by atoms with Crippen LogP contribution in [-0.4, -0.2) is 39.3 Å². The third-order valence-corrected chi connectivity index (χ3v) is 4.21. The zero-order valence-corrected chi connectivity index (χ0v) is 12.2. The van der Waals surface area contributed by atoms with Gasteiger partial charge in [0.05, 0.1) is 16.5 Å². The van der Waals surface area contributed by atoms with Crippen LogP contribution >= 0.6 is 15.9 Å². The smallest absolute Gasteiger partial charge is 0.336 e. The molecule has 0 bridgehead atoms. The van der Waals surface area contributed by atoms with Gasteiger partial charge in [-0.15, -0.1) is 0 Å². The number of aliphatic hydroxyl groups excluding tert-OH is 1. The van der Waals surface area contributed by atoms with Gasteiger partial charge < -0.3 is 9.84 Å². The largest absolute Gasteiger partial charge is 0.467 e. The number of methoxy groups -OCH3 is 1. The summed E-state index contributed by atoms with van der Waals surface area (Å²) in [5.74, 6) is -1.71. The minimum atomic E-state index is -4.01. The predicted molar refractivity (Wildman–Crippen MR) is 67.3 cm³/mol. The van der Waals surface area contributed by atoms with Gasteiger partial charge in [0.15, 0.2) is 6.10 Å². The van der Waals surface area contributed by atoms with E-state index >= 15 is 0 Å². The van der Waals surface area contributed by atoms with Crippen LogP contribution in [0.15, 0.2) is 27.6 Å². The molecular formula is C10H11BrFNO5S. The Morgan fingerprint density at radius 1 is 1.58 bits per heavy atom. The number of esters is 1. The van der Waals surface area contributed by atoms with Crippen LogP contribution in [-0.2, 0) is 19.6 Å². The molecule has 19 heavy (non-hydrogen) atoms. The lowest BCUT2D eigenvalue weighted by Crippen LogP contribution is -2.37. The van der Waals surface area contributed by atoms with E-state index in [1.54, 1.807) is 0 Å². The summed E-state index contributed by atoms with van der Waals surface area (Å²) in [4.78, 5) is 10.6. The van der Waals surface area contributed by atoms with Gasteiger partial charge in [-0.3, -0.25) is 0 Å². The first-order chi connectivity index (χ1) is 8.77. The van der Waals surface area contributed by atoms with Crippen molar-refractivity contribution < 1.29 is 27.4 Å². The number of nitrogens with one attached hydrogen (secondary N) is 1. The number of rotatable bonds is 5. The van der Waals surface area contributed by atoms with E-state index in [1.165, 1.54) is 12.1 Å². The van der Waals surface area contributed by atoms with Crippen LogP contribution in [0.1, 0.15) is 0 Å². The van der Waals surface area contributed by atoms with Crippen molar-refractivity contribution in [2.75, 3.05) is 13.7 Å². The Balaban J connectivity index is 2.81. The van der Waals surface area contributed by atoms with Crippen molar-refractivity contribution in [3.63, 3.8) is 0 Å². The zero-order valence-electron chi connectivity index (χ0n) is 9.76. The van der Waals surface area contributed by atoms with Gasteiger partial charge in [-0.2, -0.15) is 0 Å². The molecule has 2 N–H and O–H groups in total. The molecule has 0 saturated heterocycles. The Hall–Kier alpha value is -1.03. The van der Waals surface area contributed by atoms with Gasteiger partial charge in [0.25, 0.3) is 0 Å². The van der Waals surface area contributed by atoms with Crippen LogP contribution in [0.2, 0.25) is 0 Å². The number of carbonyl (C=O) groups excluding carboxylic acids is 1. The molecule has 0 fully saturated rings. The van der Waals surface area contributed by atoms with E-state index in [4.69, 9.17) is 0 Å². The molecule has 1 rings (SSSR count). The first kappa shape index (κ1) is 16.0.